The van der Waals surface area contributed by atoms with E-state index in [9.17, 15) is 8.42 Å². The summed E-state index contributed by atoms with van der Waals surface area (Å²) in [6, 6.07) is 4.50. The van der Waals surface area contributed by atoms with Crippen molar-refractivity contribution < 1.29 is 17.9 Å². The first kappa shape index (κ1) is 12.4. The van der Waals surface area contributed by atoms with Crippen LogP contribution in [0.4, 0.5) is 0 Å². The molecule has 0 saturated heterocycles. The van der Waals surface area contributed by atoms with Crippen LogP contribution in [0.15, 0.2) is 35.7 Å². The van der Waals surface area contributed by atoms with Crippen molar-refractivity contribution in [2.24, 2.45) is 0 Å². The van der Waals surface area contributed by atoms with Crippen molar-refractivity contribution in [3.63, 3.8) is 0 Å². The number of hydrogen-bond acceptors (Lipinski definition) is 6. The number of nitrogens with zero attached hydrogens (tertiary/aromatic N) is 3. The Bertz CT molecular complexity index is 637. The first-order valence-electron chi connectivity index (χ1n) is 4.92. The second-order valence-electron chi connectivity index (χ2n) is 3.29. The van der Waals surface area contributed by atoms with Crippen molar-refractivity contribution in [1.29, 1.82) is 0 Å². The average Bonchev–Trinajstić information content (AvgIpc) is 2.92. The zero-order valence-corrected chi connectivity index (χ0v) is 10.6. The second kappa shape index (κ2) is 4.65. The Morgan fingerprint density at radius 3 is 2.56 bits per heavy atom. The summed E-state index contributed by atoms with van der Waals surface area (Å²) >= 11 is 0. The van der Waals surface area contributed by atoms with E-state index in [4.69, 9.17) is 9.47 Å². The molecule has 1 heterocycles. The van der Waals surface area contributed by atoms with Crippen LogP contribution in [-0.4, -0.2) is 36.8 Å². The summed E-state index contributed by atoms with van der Waals surface area (Å²) in [7, 11) is -0.990. The van der Waals surface area contributed by atoms with Gasteiger partial charge in [-0.05, 0) is 12.1 Å². The molecule has 0 atom stereocenters. The summed E-state index contributed by atoms with van der Waals surface area (Å²) in [6.45, 7) is 0. The molecule has 7 nitrogen and oxygen atoms in total. The number of benzene rings is 1. The lowest BCUT2D eigenvalue weighted by Crippen LogP contribution is -2.14. The molecule has 18 heavy (non-hydrogen) atoms. The highest BCUT2D eigenvalue weighted by Crippen LogP contribution is 2.29. The molecule has 0 aliphatic carbocycles. The van der Waals surface area contributed by atoms with Gasteiger partial charge in [-0.1, -0.05) is 0 Å². The van der Waals surface area contributed by atoms with E-state index < -0.39 is 10.0 Å². The fourth-order valence-electron chi connectivity index (χ4n) is 1.41. The van der Waals surface area contributed by atoms with E-state index in [1.807, 2.05) is 0 Å². The van der Waals surface area contributed by atoms with Gasteiger partial charge in [-0.3, -0.25) is 0 Å². The Labute approximate surface area is 104 Å². The molecule has 96 valence electrons. The van der Waals surface area contributed by atoms with Gasteiger partial charge in [0.05, 0.1) is 14.2 Å². The molecule has 2 rings (SSSR count). The van der Waals surface area contributed by atoms with E-state index in [1.165, 1.54) is 26.4 Å². The Hall–Kier alpha value is -2.09. The van der Waals surface area contributed by atoms with Crippen LogP contribution in [-0.2, 0) is 10.0 Å². The van der Waals surface area contributed by atoms with E-state index in [-0.39, 0.29) is 10.6 Å². The van der Waals surface area contributed by atoms with Crippen molar-refractivity contribution in [3.05, 3.63) is 30.9 Å². The minimum absolute atomic E-state index is 0.0325. The summed E-state index contributed by atoms with van der Waals surface area (Å²) in [4.78, 5) is 3.58. The third-order valence-corrected chi connectivity index (χ3v) is 3.85. The number of ether oxygens (including phenoxy) is 2. The summed E-state index contributed by atoms with van der Waals surface area (Å²) in [5.41, 5.74) is 0. The standard InChI is InChI=1S/C10H11N3O4S/c1-16-8-3-4-9(17-2)10(5-8)18(14,15)13-7-11-6-12-13/h3-7H,1-2H3. The van der Waals surface area contributed by atoms with Gasteiger partial charge in [0.2, 0.25) is 0 Å². The van der Waals surface area contributed by atoms with Crippen molar-refractivity contribution in [2.45, 2.75) is 4.90 Å². The van der Waals surface area contributed by atoms with Gasteiger partial charge >= 0.3 is 0 Å². The molecule has 0 amide bonds. The van der Waals surface area contributed by atoms with Crippen LogP contribution in [0.25, 0.3) is 0 Å². The fourth-order valence-corrected chi connectivity index (χ4v) is 2.62. The maximum Gasteiger partial charge on any atom is 0.288 e. The normalized spacial score (nSPS) is 11.2. The van der Waals surface area contributed by atoms with Crippen molar-refractivity contribution in [1.82, 2.24) is 14.2 Å². The summed E-state index contributed by atoms with van der Waals surface area (Å²) in [6.07, 6.45) is 2.25. The summed E-state index contributed by atoms with van der Waals surface area (Å²) in [5.74, 6) is 0.626. The Morgan fingerprint density at radius 2 is 2.00 bits per heavy atom. The number of aromatic nitrogens is 3. The highest BCUT2D eigenvalue weighted by molar-refractivity contribution is 7.90. The van der Waals surface area contributed by atoms with Crippen LogP contribution in [0.2, 0.25) is 0 Å². The lowest BCUT2D eigenvalue weighted by atomic mass is 10.3. The quantitative estimate of drug-likeness (QED) is 0.805. The molecule has 0 radical (unpaired) electrons. The minimum Gasteiger partial charge on any atom is -0.497 e. The van der Waals surface area contributed by atoms with Gasteiger partial charge in [0, 0.05) is 6.07 Å². The van der Waals surface area contributed by atoms with E-state index in [1.54, 1.807) is 6.07 Å². The smallest absolute Gasteiger partial charge is 0.288 e. The van der Waals surface area contributed by atoms with E-state index in [0.717, 1.165) is 16.7 Å². The van der Waals surface area contributed by atoms with Crippen LogP contribution in [0.3, 0.4) is 0 Å². The molecule has 0 aliphatic heterocycles. The van der Waals surface area contributed by atoms with Gasteiger partial charge in [-0.25, -0.2) is 4.98 Å². The second-order valence-corrected chi connectivity index (χ2v) is 5.05. The predicted molar refractivity (Wildman–Crippen MR) is 62.2 cm³/mol. The molecule has 2 aromatic rings. The van der Waals surface area contributed by atoms with Crippen molar-refractivity contribution in [3.8, 4) is 11.5 Å². The highest BCUT2D eigenvalue weighted by atomic mass is 32.2. The topological polar surface area (TPSA) is 83.3 Å². The average molecular weight is 269 g/mol. The first-order valence-corrected chi connectivity index (χ1v) is 6.36. The van der Waals surface area contributed by atoms with Crippen LogP contribution < -0.4 is 9.47 Å². The molecule has 0 bridgehead atoms. The monoisotopic (exact) mass is 269 g/mol. The van der Waals surface area contributed by atoms with Crippen LogP contribution in [0.5, 0.6) is 11.5 Å². The molecular weight excluding hydrogens is 258 g/mol. The van der Waals surface area contributed by atoms with Gasteiger partial charge in [-0.15, -0.1) is 9.19 Å². The zero-order valence-electron chi connectivity index (χ0n) is 9.77. The Kier molecular flexibility index (Phi) is 3.19. The van der Waals surface area contributed by atoms with Gasteiger partial charge < -0.3 is 9.47 Å². The molecule has 1 aromatic heterocycles. The van der Waals surface area contributed by atoms with Crippen LogP contribution in [0, 0.1) is 0 Å². The lowest BCUT2D eigenvalue weighted by molar-refractivity contribution is 0.392. The lowest BCUT2D eigenvalue weighted by Gasteiger charge is -2.10. The first-order chi connectivity index (χ1) is 8.59. The van der Waals surface area contributed by atoms with Crippen molar-refractivity contribution >= 4 is 10.0 Å². The zero-order chi connectivity index (χ0) is 13.2. The predicted octanol–water partition coefficient (Wildman–Crippen LogP) is 0.532. The highest BCUT2D eigenvalue weighted by Gasteiger charge is 2.23. The maximum absolute atomic E-state index is 12.3. The SMILES string of the molecule is COc1ccc(OC)c(S(=O)(=O)n2cncn2)c1. The Balaban J connectivity index is 2.63. The largest absolute Gasteiger partial charge is 0.497 e. The van der Waals surface area contributed by atoms with Crippen LogP contribution >= 0.6 is 0 Å². The number of hydrogen-bond donors (Lipinski definition) is 0. The third-order valence-electron chi connectivity index (χ3n) is 2.29. The van der Waals surface area contributed by atoms with E-state index in [0.29, 0.717) is 5.75 Å². The van der Waals surface area contributed by atoms with Gasteiger partial charge in [0.1, 0.15) is 29.0 Å². The van der Waals surface area contributed by atoms with Gasteiger partial charge in [0.25, 0.3) is 10.0 Å². The molecule has 0 aliphatic rings. The van der Waals surface area contributed by atoms with Gasteiger partial charge in [0.15, 0.2) is 0 Å². The minimum atomic E-state index is -3.83. The van der Waals surface area contributed by atoms with Crippen LogP contribution in [0.1, 0.15) is 0 Å². The maximum atomic E-state index is 12.3. The Morgan fingerprint density at radius 1 is 1.22 bits per heavy atom. The molecule has 1 aromatic carbocycles. The third kappa shape index (κ3) is 2.02. The number of rotatable bonds is 4. The molecule has 0 saturated carbocycles. The van der Waals surface area contributed by atoms with Crippen molar-refractivity contribution in [2.75, 3.05) is 14.2 Å². The van der Waals surface area contributed by atoms with E-state index >= 15 is 0 Å². The molecule has 8 heteroatoms. The summed E-state index contributed by atoms with van der Waals surface area (Å²) < 4.78 is 35.3. The van der Waals surface area contributed by atoms with E-state index in [2.05, 4.69) is 10.1 Å². The molecule has 0 spiro atoms. The fraction of sp³-hybridized carbons (Fsp3) is 0.200. The number of methoxy groups -OCH3 is 2. The molecule has 0 unspecified atom stereocenters. The molecule has 0 N–H and O–H groups in total. The van der Waals surface area contributed by atoms with Gasteiger partial charge in [-0.2, -0.15) is 8.42 Å². The molecular formula is C10H11N3O4S. The molecule has 0 fully saturated rings. The summed E-state index contributed by atoms with van der Waals surface area (Å²) in [5, 5.41) is 3.62.